The van der Waals surface area contributed by atoms with Gasteiger partial charge in [-0.05, 0) is 12.5 Å². The molecule has 1 aromatic rings. The number of nitrogens with two attached hydrogens (primary N) is 1. The van der Waals surface area contributed by atoms with E-state index >= 15 is 0 Å². The number of hydrogen-bond acceptors (Lipinski definition) is 2. The van der Waals surface area contributed by atoms with Gasteiger partial charge in [0.2, 0.25) is 0 Å². The molecule has 1 heterocycles. The molecule has 0 saturated heterocycles. The Kier molecular flexibility index (Phi) is 7.74. The first-order chi connectivity index (χ1) is 8.74. The maximum atomic E-state index is 6.11. The predicted octanol–water partition coefficient (Wildman–Crippen LogP) is 3.95. The molecule has 1 unspecified atom stereocenters. The zero-order valence-electron chi connectivity index (χ0n) is 12.1. The molecule has 18 heavy (non-hydrogen) atoms. The maximum Gasteiger partial charge on any atom is 0.0791 e. The Hall–Kier alpha value is -0.830. The van der Waals surface area contributed by atoms with Crippen LogP contribution in [-0.2, 0) is 7.05 Å². The highest BCUT2D eigenvalue weighted by Crippen LogP contribution is 2.16. The van der Waals surface area contributed by atoms with E-state index in [2.05, 4.69) is 12.0 Å². The first kappa shape index (κ1) is 15.2. The van der Waals surface area contributed by atoms with E-state index in [0.717, 1.165) is 12.1 Å². The molecule has 0 bridgehead atoms. The van der Waals surface area contributed by atoms with Crippen molar-refractivity contribution < 1.29 is 0 Å². The van der Waals surface area contributed by atoms with Gasteiger partial charge in [-0.25, -0.2) is 0 Å². The van der Waals surface area contributed by atoms with Gasteiger partial charge in [-0.2, -0.15) is 5.10 Å². The zero-order valence-corrected chi connectivity index (χ0v) is 12.1. The molecule has 0 saturated carbocycles. The third-order valence-electron chi connectivity index (χ3n) is 3.48. The molecule has 0 aliphatic heterocycles. The molecule has 1 atom stereocenters. The topological polar surface area (TPSA) is 43.8 Å². The largest absolute Gasteiger partial charge is 0.323 e. The first-order valence-electron chi connectivity index (χ1n) is 7.49. The lowest BCUT2D eigenvalue weighted by atomic mass is 10.0. The normalized spacial score (nSPS) is 12.8. The van der Waals surface area contributed by atoms with E-state index in [0.29, 0.717) is 0 Å². The molecular weight excluding hydrogens is 222 g/mol. The highest BCUT2D eigenvalue weighted by atomic mass is 15.3. The van der Waals surface area contributed by atoms with Crippen LogP contribution in [0, 0.1) is 0 Å². The van der Waals surface area contributed by atoms with Gasteiger partial charge in [-0.15, -0.1) is 0 Å². The van der Waals surface area contributed by atoms with Crippen LogP contribution >= 0.6 is 0 Å². The minimum Gasteiger partial charge on any atom is -0.323 e. The minimum absolute atomic E-state index is 0.117. The monoisotopic (exact) mass is 251 g/mol. The van der Waals surface area contributed by atoms with Crippen molar-refractivity contribution in [3.05, 3.63) is 18.0 Å². The summed E-state index contributed by atoms with van der Waals surface area (Å²) in [6.45, 7) is 2.26. The quantitative estimate of drug-likeness (QED) is 0.640. The molecule has 1 rings (SSSR count). The van der Waals surface area contributed by atoms with Crippen LogP contribution in [0.1, 0.15) is 76.4 Å². The molecule has 0 amide bonds. The standard InChI is InChI=1S/C15H29N3/c1-3-4-5-6-7-8-9-10-11-14(16)15-12-13-18(2)17-15/h12-14H,3-11,16H2,1-2H3. The van der Waals surface area contributed by atoms with E-state index in [4.69, 9.17) is 5.73 Å². The van der Waals surface area contributed by atoms with Crippen LogP contribution in [0.4, 0.5) is 0 Å². The Morgan fingerprint density at radius 3 is 2.28 bits per heavy atom. The third kappa shape index (κ3) is 6.20. The fraction of sp³-hybridized carbons (Fsp3) is 0.800. The van der Waals surface area contributed by atoms with Gasteiger partial charge in [-0.3, -0.25) is 4.68 Å². The number of unbranched alkanes of at least 4 members (excludes halogenated alkanes) is 7. The smallest absolute Gasteiger partial charge is 0.0791 e. The van der Waals surface area contributed by atoms with Crippen molar-refractivity contribution >= 4 is 0 Å². The summed E-state index contributed by atoms with van der Waals surface area (Å²) in [5.74, 6) is 0. The second kappa shape index (κ2) is 9.15. The van der Waals surface area contributed by atoms with Crippen molar-refractivity contribution in [2.24, 2.45) is 12.8 Å². The summed E-state index contributed by atoms with van der Waals surface area (Å²) < 4.78 is 1.82. The fourth-order valence-corrected chi connectivity index (χ4v) is 2.28. The average molecular weight is 251 g/mol. The van der Waals surface area contributed by atoms with Gasteiger partial charge in [0.1, 0.15) is 0 Å². The van der Waals surface area contributed by atoms with Crippen molar-refractivity contribution in [1.29, 1.82) is 0 Å². The summed E-state index contributed by atoms with van der Waals surface area (Å²) in [6, 6.07) is 2.14. The first-order valence-corrected chi connectivity index (χ1v) is 7.49. The lowest BCUT2D eigenvalue weighted by Crippen LogP contribution is -2.11. The van der Waals surface area contributed by atoms with E-state index < -0.39 is 0 Å². The lowest BCUT2D eigenvalue weighted by Gasteiger charge is -2.08. The van der Waals surface area contributed by atoms with E-state index in [1.165, 1.54) is 51.4 Å². The van der Waals surface area contributed by atoms with E-state index in [-0.39, 0.29) is 6.04 Å². The zero-order chi connectivity index (χ0) is 13.2. The van der Waals surface area contributed by atoms with Crippen LogP contribution in [0.5, 0.6) is 0 Å². The average Bonchev–Trinajstić information content (AvgIpc) is 2.79. The van der Waals surface area contributed by atoms with E-state index in [1.807, 2.05) is 24.0 Å². The van der Waals surface area contributed by atoms with Gasteiger partial charge >= 0.3 is 0 Å². The third-order valence-corrected chi connectivity index (χ3v) is 3.48. The van der Waals surface area contributed by atoms with Crippen LogP contribution in [0.25, 0.3) is 0 Å². The number of hydrogen-bond donors (Lipinski definition) is 1. The van der Waals surface area contributed by atoms with Gasteiger partial charge in [0.05, 0.1) is 5.69 Å². The molecule has 0 aromatic carbocycles. The molecule has 3 heteroatoms. The van der Waals surface area contributed by atoms with Crippen molar-refractivity contribution in [1.82, 2.24) is 9.78 Å². The predicted molar refractivity (Wildman–Crippen MR) is 77.4 cm³/mol. The summed E-state index contributed by atoms with van der Waals surface area (Å²) >= 11 is 0. The molecule has 0 aliphatic carbocycles. The lowest BCUT2D eigenvalue weighted by molar-refractivity contribution is 0.528. The Bertz CT molecular complexity index is 306. The Labute approximate surface area is 112 Å². The fourth-order valence-electron chi connectivity index (χ4n) is 2.28. The van der Waals surface area contributed by atoms with Gasteiger partial charge in [0.15, 0.2) is 0 Å². The van der Waals surface area contributed by atoms with Crippen LogP contribution in [0.3, 0.4) is 0 Å². The maximum absolute atomic E-state index is 6.11. The molecule has 0 radical (unpaired) electrons. The summed E-state index contributed by atoms with van der Waals surface area (Å²) in [7, 11) is 1.94. The van der Waals surface area contributed by atoms with E-state index in [9.17, 15) is 0 Å². The van der Waals surface area contributed by atoms with Crippen LogP contribution in [0.15, 0.2) is 12.3 Å². The highest BCUT2D eigenvalue weighted by molar-refractivity contribution is 5.04. The Morgan fingerprint density at radius 2 is 1.72 bits per heavy atom. The summed E-state index contributed by atoms with van der Waals surface area (Å²) in [5.41, 5.74) is 7.14. The molecule has 0 aliphatic rings. The second-order valence-corrected chi connectivity index (χ2v) is 5.28. The van der Waals surface area contributed by atoms with Gasteiger partial charge in [-0.1, -0.05) is 58.3 Å². The molecule has 104 valence electrons. The SMILES string of the molecule is CCCCCCCCCCC(N)c1ccn(C)n1. The van der Waals surface area contributed by atoms with Crippen molar-refractivity contribution in [3.63, 3.8) is 0 Å². The number of aryl methyl sites for hydroxylation is 1. The second-order valence-electron chi connectivity index (χ2n) is 5.28. The number of nitrogens with zero attached hydrogens (tertiary/aromatic N) is 2. The number of rotatable bonds is 10. The molecular formula is C15H29N3. The van der Waals surface area contributed by atoms with Crippen molar-refractivity contribution in [2.45, 2.75) is 70.8 Å². The molecule has 0 fully saturated rings. The van der Waals surface area contributed by atoms with E-state index in [1.54, 1.807) is 0 Å². The van der Waals surface area contributed by atoms with Crippen molar-refractivity contribution in [3.8, 4) is 0 Å². The van der Waals surface area contributed by atoms with Gasteiger partial charge in [0.25, 0.3) is 0 Å². The van der Waals surface area contributed by atoms with Gasteiger partial charge in [0, 0.05) is 19.3 Å². The highest BCUT2D eigenvalue weighted by Gasteiger charge is 2.07. The van der Waals surface area contributed by atoms with Crippen LogP contribution in [-0.4, -0.2) is 9.78 Å². The van der Waals surface area contributed by atoms with Gasteiger partial charge < -0.3 is 5.73 Å². The van der Waals surface area contributed by atoms with Crippen LogP contribution in [0.2, 0.25) is 0 Å². The summed E-state index contributed by atoms with van der Waals surface area (Å²) in [6.07, 6.45) is 13.8. The number of aromatic nitrogens is 2. The summed E-state index contributed by atoms with van der Waals surface area (Å²) in [5, 5.41) is 4.35. The molecule has 0 spiro atoms. The minimum atomic E-state index is 0.117. The van der Waals surface area contributed by atoms with Crippen molar-refractivity contribution in [2.75, 3.05) is 0 Å². The van der Waals surface area contributed by atoms with Crippen LogP contribution < -0.4 is 5.73 Å². The molecule has 3 nitrogen and oxygen atoms in total. The molecule has 2 N–H and O–H groups in total. The summed E-state index contributed by atoms with van der Waals surface area (Å²) in [4.78, 5) is 0. The Balaban J connectivity index is 1.97. The Morgan fingerprint density at radius 1 is 1.11 bits per heavy atom. The molecule has 1 aromatic heterocycles.